The highest BCUT2D eigenvalue weighted by molar-refractivity contribution is 5.62. The number of nitrogens with one attached hydrogen (secondary N) is 1. The Bertz CT molecular complexity index is 460. The van der Waals surface area contributed by atoms with Crippen molar-refractivity contribution in [2.24, 2.45) is 0 Å². The second-order valence-corrected chi connectivity index (χ2v) is 5.04. The maximum Gasteiger partial charge on any atom is 0.0576 e. The van der Waals surface area contributed by atoms with Crippen LogP contribution in [0.25, 0.3) is 0 Å². The fourth-order valence-corrected chi connectivity index (χ4v) is 3.56. The molecule has 1 aliphatic heterocycles. The van der Waals surface area contributed by atoms with Crippen molar-refractivity contribution in [3.8, 4) is 12.3 Å². The standard InChI is InChI=1S/C15H18N2/c1-3-10-16-13-9-8-12-11-6-4-5-7-14(11)17(2)15(12)13/h1,4-7,12-13,15-16H,8-10H2,2H3. The Morgan fingerprint density at radius 1 is 1.41 bits per heavy atom. The molecule has 2 nitrogen and oxygen atoms in total. The second-order valence-electron chi connectivity index (χ2n) is 5.04. The summed E-state index contributed by atoms with van der Waals surface area (Å²) in [6.07, 6.45) is 7.84. The molecular weight excluding hydrogens is 208 g/mol. The summed E-state index contributed by atoms with van der Waals surface area (Å²) in [5.74, 6) is 3.37. The first-order valence-electron chi connectivity index (χ1n) is 6.31. The van der Waals surface area contributed by atoms with Crippen LogP contribution in [0, 0.1) is 12.3 Å². The highest BCUT2D eigenvalue weighted by Crippen LogP contribution is 2.48. The van der Waals surface area contributed by atoms with E-state index in [0.717, 1.165) is 0 Å². The lowest BCUT2D eigenvalue weighted by Gasteiger charge is -2.28. The van der Waals surface area contributed by atoms with Crippen molar-refractivity contribution in [2.45, 2.75) is 30.8 Å². The minimum atomic E-state index is 0.536. The Morgan fingerprint density at radius 2 is 2.24 bits per heavy atom. The SMILES string of the molecule is C#CCNC1CCC2c3ccccc3N(C)C12. The molecule has 0 saturated heterocycles. The molecule has 0 radical (unpaired) electrons. The van der Waals surface area contributed by atoms with Crippen molar-refractivity contribution < 1.29 is 0 Å². The van der Waals surface area contributed by atoms with Crippen LogP contribution in [0.3, 0.4) is 0 Å². The molecule has 3 rings (SSSR count). The molecule has 1 aromatic carbocycles. The lowest BCUT2D eigenvalue weighted by Crippen LogP contribution is -2.45. The molecule has 0 bridgehead atoms. The molecule has 1 fully saturated rings. The van der Waals surface area contributed by atoms with E-state index in [0.29, 0.717) is 24.5 Å². The van der Waals surface area contributed by atoms with Gasteiger partial charge in [-0.1, -0.05) is 24.1 Å². The largest absolute Gasteiger partial charge is 0.369 e. The van der Waals surface area contributed by atoms with Gasteiger partial charge in [0.25, 0.3) is 0 Å². The third-order valence-electron chi connectivity index (χ3n) is 4.24. The van der Waals surface area contributed by atoms with E-state index in [9.17, 15) is 0 Å². The molecule has 3 atom stereocenters. The van der Waals surface area contributed by atoms with Crippen LogP contribution in [0.5, 0.6) is 0 Å². The fourth-order valence-electron chi connectivity index (χ4n) is 3.56. The fraction of sp³-hybridized carbons (Fsp3) is 0.467. The number of hydrogen-bond donors (Lipinski definition) is 1. The number of nitrogens with zero attached hydrogens (tertiary/aromatic N) is 1. The van der Waals surface area contributed by atoms with Gasteiger partial charge in [0.05, 0.1) is 12.6 Å². The summed E-state index contributed by atoms with van der Waals surface area (Å²) in [5.41, 5.74) is 2.92. The molecule has 0 aromatic heterocycles. The molecule has 1 aromatic rings. The van der Waals surface area contributed by atoms with E-state index in [1.807, 2.05) is 0 Å². The summed E-state index contributed by atoms with van der Waals surface area (Å²) in [6.45, 7) is 0.679. The highest BCUT2D eigenvalue weighted by atomic mass is 15.2. The summed E-state index contributed by atoms with van der Waals surface area (Å²) in [6, 6.07) is 9.90. The number of benzene rings is 1. The van der Waals surface area contributed by atoms with Gasteiger partial charge in [0, 0.05) is 24.7 Å². The topological polar surface area (TPSA) is 15.3 Å². The molecule has 17 heavy (non-hydrogen) atoms. The van der Waals surface area contributed by atoms with Crippen LogP contribution in [-0.2, 0) is 0 Å². The van der Waals surface area contributed by atoms with Gasteiger partial charge in [-0.25, -0.2) is 0 Å². The van der Waals surface area contributed by atoms with Gasteiger partial charge in [-0.15, -0.1) is 6.42 Å². The van der Waals surface area contributed by atoms with Crippen molar-refractivity contribution >= 4 is 5.69 Å². The van der Waals surface area contributed by atoms with E-state index >= 15 is 0 Å². The van der Waals surface area contributed by atoms with E-state index in [4.69, 9.17) is 6.42 Å². The third kappa shape index (κ3) is 1.54. The summed E-state index contributed by atoms with van der Waals surface area (Å²) in [5, 5.41) is 3.49. The number of para-hydroxylation sites is 1. The van der Waals surface area contributed by atoms with Crippen LogP contribution in [0.1, 0.15) is 24.3 Å². The molecule has 88 valence electrons. The lowest BCUT2D eigenvalue weighted by molar-refractivity contribution is 0.482. The third-order valence-corrected chi connectivity index (χ3v) is 4.24. The molecule has 1 saturated carbocycles. The van der Waals surface area contributed by atoms with Crippen LogP contribution >= 0.6 is 0 Å². The first-order valence-corrected chi connectivity index (χ1v) is 6.31. The Kier molecular flexibility index (Phi) is 2.57. The minimum absolute atomic E-state index is 0.536. The van der Waals surface area contributed by atoms with Crippen LogP contribution in [0.2, 0.25) is 0 Å². The number of anilines is 1. The molecule has 1 aliphatic carbocycles. The first kappa shape index (κ1) is 10.7. The maximum atomic E-state index is 5.34. The normalized spacial score (nSPS) is 29.9. The molecule has 1 heterocycles. The zero-order valence-electron chi connectivity index (χ0n) is 10.2. The van der Waals surface area contributed by atoms with Crippen LogP contribution in [0.15, 0.2) is 24.3 Å². The predicted octanol–water partition coefficient (Wildman–Crippen LogP) is 1.97. The Morgan fingerprint density at radius 3 is 3.06 bits per heavy atom. The van der Waals surface area contributed by atoms with E-state index in [-0.39, 0.29) is 0 Å². The maximum absolute atomic E-state index is 5.34. The van der Waals surface area contributed by atoms with Gasteiger partial charge in [-0.05, 0) is 24.5 Å². The molecule has 3 unspecified atom stereocenters. The Hall–Kier alpha value is -1.46. The number of fused-ring (bicyclic) bond motifs is 3. The Balaban J connectivity index is 1.88. The number of terminal acetylenes is 1. The van der Waals surface area contributed by atoms with Gasteiger partial charge in [0.1, 0.15) is 0 Å². The van der Waals surface area contributed by atoms with Gasteiger partial charge < -0.3 is 10.2 Å². The van der Waals surface area contributed by atoms with Crippen molar-refractivity contribution in [1.29, 1.82) is 0 Å². The van der Waals surface area contributed by atoms with Gasteiger partial charge >= 0.3 is 0 Å². The van der Waals surface area contributed by atoms with E-state index in [1.54, 1.807) is 0 Å². The van der Waals surface area contributed by atoms with Crippen molar-refractivity contribution in [1.82, 2.24) is 5.32 Å². The van der Waals surface area contributed by atoms with Gasteiger partial charge in [-0.2, -0.15) is 0 Å². The number of rotatable bonds is 2. The quantitative estimate of drug-likeness (QED) is 0.776. The van der Waals surface area contributed by atoms with Gasteiger partial charge in [-0.3, -0.25) is 0 Å². The summed E-state index contributed by atoms with van der Waals surface area (Å²) < 4.78 is 0. The van der Waals surface area contributed by atoms with Crippen molar-refractivity contribution in [3.05, 3.63) is 29.8 Å². The van der Waals surface area contributed by atoms with Gasteiger partial charge in [0.15, 0.2) is 0 Å². The van der Waals surface area contributed by atoms with Crippen molar-refractivity contribution in [3.63, 3.8) is 0 Å². The summed E-state index contributed by atoms with van der Waals surface area (Å²) in [7, 11) is 2.21. The van der Waals surface area contributed by atoms with Crippen LogP contribution < -0.4 is 10.2 Å². The average Bonchev–Trinajstić information content (AvgIpc) is 2.89. The average molecular weight is 226 g/mol. The predicted molar refractivity (Wildman–Crippen MR) is 71.2 cm³/mol. The molecule has 1 N–H and O–H groups in total. The summed E-state index contributed by atoms with van der Waals surface area (Å²) >= 11 is 0. The smallest absolute Gasteiger partial charge is 0.0576 e. The zero-order valence-corrected chi connectivity index (χ0v) is 10.2. The summed E-state index contributed by atoms with van der Waals surface area (Å²) in [4.78, 5) is 2.43. The van der Waals surface area contributed by atoms with E-state index in [1.165, 1.54) is 24.1 Å². The van der Waals surface area contributed by atoms with E-state index < -0.39 is 0 Å². The Labute approximate surface area is 103 Å². The lowest BCUT2D eigenvalue weighted by atomic mass is 9.97. The molecular formula is C15H18N2. The molecule has 2 heteroatoms. The molecule has 0 amide bonds. The van der Waals surface area contributed by atoms with Crippen molar-refractivity contribution in [2.75, 3.05) is 18.5 Å². The zero-order chi connectivity index (χ0) is 11.8. The monoisotopic (exact) mass is 226 g/mol. The highest BCUT2D eigenvalue weighted by Gasteiger charge is 2.45. The minimum Gasteiger partial charge on any atom is -0.369 e. The van der Waals surface area contributed by atoms with E-state index in [2.05, 4.69) is 47.5 Å². The molecule has 2 aliphatic rings. The first-order chi connectivity index (χ1) is 8.33. The van der Waals surface area contributed by atoms with Crippen LogP contribution in [0.4, 0.5) is 5.69 Å². The number of likely N-dealkylation sites (N-methyl/N-ethyl adjacent to an activating group) is 1. The van der Waals surface area contributed by atoms with Crippen LogP contribution in [-0.4, -0.2) is 25.7 Å². The van der Waals surface area contributed by atoms with Gasteiger partial charge in [0.2, 0.25) is 0 Å². The number of hydrogen-bond acceptors (Lipinski definition) is 2. The second kappa shape index (κ2) is 4.09. The molecule has 0 spiro atoms.